The third-order valence-electron chi connectivity index (χ3n) is 6.72. The second kappa shape index (κ2) is 8.07. The van der Waals surface area contributed by atoms with E-state index in [4.69, 9.17) is 34.8 Å². The Morgan fingerprint density at radius 2 is 1.64 bits per heavy atom. The first-order valence-electron chi connectivity index (χ1n) is 10.9. The molecule has 1 unspecified atom stereocenters. The Bertz CT molecular complexity index is 1410. The minimum Gasteiger partial charge on any atom is -0.361 e. The number of aromatic amines is 1. The van der Waals surface area contributed by atoms with E-state index in [-0.39, 0.29) is 11.9 Å². The Morgan fingerprint density at radius 1 is 0.848 bits per heavy atom. The number of piperazine rings is 1. The molecule has 1 aliphatic heterocycles. The fraction of sp³-hybridized carbons (Fsp3) is 0.192. The number of carbonyl (C=O) groups is 1. The summed E-state index contributed by atoms with van der Waals surface area (Å²) in [5.74, 6) is 0.0686. The van der Waals surface area contributed by atoms with Crippen LogP contribution in [0.15, 0.2) is 60.8 Å². The van der Waals surface area contributed by atoms with E-state index in [0.717, 1.165) is 51.8 Å². The maximum atomic E-state index is 13.2. The van der Waals surface area contributed by atoms with Gasteiger partial charge in [-0.2, -0.15) is 0 Å². The van der Waals surface area contributed by atoms with Crippen LogP contribution in [0.1, 0.15) is 27.5 Å². The highest BCUT2D eigenvalue weighted by Crippen LogP contribution is 2.51. The van der Waals surface area contributed by atoms with Gasteiger partial charge in [0, 0.05) is 64.5 Å². The molecular weight excluding hydrogens is 477 g/mol. The van der Waals surface area contributed by atoms with Crippen molar-refractivity contribution >= 4 is 51.6 Å². The molecule has 0 spiro atoms. The minimum atomic E-state index is 0.0124. The molecule has 3 aromatic carbocycles. The molecule has 1 atom stereocenters. The maximum Gasteiger partial charge on any atom is 0.253 e. The van der Waals surface area contributed by atoms with Crippen molar-refractivity contribution in [1.82, 2.24) is 14.8 Å². The molecule has 0 bridgehead atoms. The number of nitrogens with one attached hydrogen (secondary N) is 1. The summed E-state index contributed by atoms with van der Waals surface area (Å²) >= 11 is 19.4. The van der Waals surface area contributed by atoms with Crippen molar-refractivity contribution in [3.05, 3.63) is 92.6 Å². The van der Waals surface area contributed by atoms with Crippen molar-refractivity contribution < 1.29 is 4.79 Å². The number of halogens is 3. The lowest BCUT2D eigenvalue weighted by Gasteiger charge is -2.38. The number of hydrogen-bond donors (Lipinski definition) is 1. The number of nitrogens with zero attached hydrogens (tertiary/aromatic N) is 2. The molecule has 166 valence electrons. The Balaban J connectivity index is 1.28. The first-order chi connectivity index (χ1) is 16.0. The normalized spacial score (nSPS) is 17.9. The lowest BCUT2D eigenvalue weighted by Crippen LogP contribution is -2.49. The van der Waals surface area contributed by atoms with Crippen molar-refractivity contribution in [3.63, 3.8) is 0 Å². The topological polar surface area (TPSA) is 39.3 Å². The predicted molar refractivity (Wildman–Crippen MR) is 135 cm³/mol. The monoisotopic (exact) mass is 495 g/mol. The lowest BCUT2D eigenvalue weighted by atomic mass is 10.0. The Morgan fingerprint density at radius 3 is 2.45 bits per heavy atom. The van der Waals surface area contributed by atoms with Crippen molar-refractivity contribution in [2.24, 2.45) is 0 Å². The van der Waals surface area contributed by atoms with Crippen LogP contribution in [-0.2, 0) is 0 Å². The summed E-state index contributed by atoms with van der Waals surface area (Å²) in [6.45, 7) is 2.80. The third-order valence-corrected chi connectivity index (χ3v) is 7.48. The van der Waals surface area contributed by atoms with Gasteiger partial charge in [-0.3, -0.25) is 9.69 Å². The predicted octanol–water partition coefficient (Wildman–Crippen LogP) is 6.66. The summed E-state index contributed by atoms with van der Waals surface area (Å²) in [5.41, 5.74) is 6.11. The van der Waals surface area contributed by atoms with Crippen molar-refractivity contribution in [2.45, 2.75) is 6.04 Å². The molecule has 1 fully saturated rings. The second-order valence-corrected chi connectivity index (χ2v) is 9.87. The van der Waals surface area contributed by atoms with Gasteiger partial charge in [0.15, 0.2) is 0 Å². The molecule has 1 saturated heterocycles. The van der Waals surface area contributed by atoms with E-state index in [0.29, 0.717) is 28.2 Å². The molecule has 4 aromatic rings. The largest absolute Gasteiger partial charge is 0.361 e. The first-order valence-corrected chi connectivity index (χ1v) is 12.0. The molecule has 0 radical (unpaired) electrons. The molecule has 1 amide bonds. The number of H-pyrrole nitrogens is 1. The number of hydrogen-bond acceptors (Lipinski definition) is 2. The van der Waals surface area contributed by atoms with Crippen LogP contribution in [0.25, 0.3) is 22.0 Å². The van der Waals surface area contributed by atoms with Gasteiger partial charge in [0.05, 0.1) is 11.1 Å². The summed E-state index contributed by atoms with van der Waals surface area (Å²) in [5, 5.41) is 3.01. The minimum absolute atomic E-state index is 0.0124. The molecule has 0 saturated carbocycles. The zero-order valence-corrected chi connectivity index (χ0v) is 19.9. The maximum absolute atomic E-state index is 13.2. The molecule has 4 nitrogen and oxygen atoms in total. The fourth-order valence-corrected chi connectivity index (χ4v) is 5.99. The smallest absolute Gasteiger partial charge is 0.253 e. The highest BCUT2D eigenvalue weighted by atomic mass is 35.5. The van der Waals surface area contributed by atoms with Gasteiger partial charge in [0.2, 0.25) is 0 Å². The summed E-state index contributed by atoms with van der Waals surface area (Å²) in [4.78, 5) is 20.7. The highest BCUT2D eigenvalue weighted by Gasteiger charge is 2.37. The van der Waals surface area contributed by atoms with Crippen LogP contribution in [-0.4, -0.2) is 46.9 Å². The van der Waals surface area contributed by atoms with Gasteiger partial charge in [-0.1, -0.05) is 40.9 Å². The summed E-state index contributed by atoms with van der Waals surface area (Å²) < 4.78 is 0. The van der Waals surface area contributed by atoms with Crippen molar-refractivity contribution in [2.75, 3.05) is 26.2 Å². The average molecular weight is 497 g/mol. The van der Waals surface area contributed by atoms with Crippen molar-refractivity contribution in [3.8, 4) is 11.1 Å². The van der Waals surface area contributed by atoms with E-state index in [9.17, 15) is 4.79 Å². The van der Waals surface area contributed by atoms with Gasteiger partial charge in [-0.15, -0.1) is 0 Å². The van der Waals surface area contributed by atoms with Crippen LogP contribution in [0.5, 0.6) is 0 Å². The number of aromatic nitrogens is 1. The molecule has 6 rings (SSSR count). The van der Waals surface area contributed by atoms with Crippen LogP contribution in [0.3, 0.4) is 0 Å². The van der Waals surface area contributed by atoms with Gasteiger partial charge in [0.25, 0.3) is 5.91 Å². The van der Waals surface area contributed by atoms with E-state index in [1.54, 1.807) is 6.07 Å². The van der Waals surface area contributed by atoms with E-state index in [1.165, 1.54) is 0 Å². The number of fused-ring (bicyclic) bond motifs is 4. The number of benzene rings is 3. The molecule has 33 heavy (non-hydrogen) atoms. The molecule has 7 heteroatoms. The molecular formula is C26H20Cl3N3O. The summed E-state index contributed by atoms with van der Waals surface area (Å²) in [6, 6.07) is 17.6. The van der Waals surface area contributed by atoms with Crippen molar-refractivity contribution in [1.29, 1.82) is 0 Å². The van der Waals surface area contributed by atoms with Gasteiger partial charge in [-0.05, 0) is 65.2 Å². The quantitative estimate of drug-likeness (QED) is 0.337. The highest BCUT2D eigenvalue weighted by molar-refractivity contribution is 6.37. The fourth-order valence-electron chi connectivity index (χ4n) is 5.19. The van der Waals surface area contributed by atoms with E-state index >= 15 is 0 Å². The molecule has 1 aliphatic carbocycles. The molecule has 1 N–H and O–H groups in total. The zero-order valence-electron chi connectivity index (χ0n) is 17.6. The lowest BCUT2D eigenvalue weighted by molar-refractivity contribution is 0.0600. The van der Waals surface area contributed by atoms with Crippen LogP contribution in [0.2, 0.25) is 15.1 Å². The van der Waals surface area contributed by atoms with Gasteiger partial charge >= 0.3 is 0 Å². The SMILES string of the molecule is O=C(c1ccc2[nH]ccc2c1)N1CCN(C2c3cc(Cl)ccc3-c3c(Cl)cc(Cl)cc32)CC1. The van der Waals surface area contributed by atoms with Gasteiger partial charge in [-0.25, -0.2) is 0 Å². The number of amides is 1. The zero-order chi connectivity index (χ0) is 22.7. The van der Waals surface area contributed by atoms with Crippen LogP contribution < -0.4 is 0 Å². The van der Waals surface area contributed by atoms with Crippen LogP contribution >= 0.6 is 34.8 Å². The molecule has 2 aliphatic rings. The standard InChI is InChI=1S/C26H20Cl3N3O/c27-17-2-3-19-20(12-17)25(21-13-18(28)14-22(29)24(19)21)31-7-9-32(10-8-31)26(33)16-1-4-23-15(11-16)5-6-30-23/h1-6,11-14,25,30H,7-10H2. The average Bonchev–Trinajstić information content (AvgIpc) is 3.40. The number of rotatable bonds is 2. The van der Waals surface area contributed by atoms with Gasteiger partial charge < -0.3 is 9.88 Å². The first kappa shape index (κ1) is 21.1. The van der Waals surface area contributed by atoms with E-state index < -0.39 is 0 Å². The summed E-state index contributed by atoms with van der Waals surface area (Å²) in [7, 11) is 0. The Labute approximate surface area is 206 Å². The van der Waals surface area contributed by atoms with E-state index in [2.05, 4.69) is 9.88 Å². The van der Waals surface area contributed by atoms with Gasteiger partial charge in [0.1, 0.15) is 0 Å². The second-order valence-electron chi connectivity index (χ2n) is 8.59. The van der Waals surface area contributed by atoms with E-state index in [1.807, 2.05) is 59.6 Å². The molecule has 1 aromatic heterocycles. The Hall–Kier alpha value is -2.50. The Kier molecular flexibility index (Phi) is 5.15. The number of carbonyl (C=O) groups excluding carboxylic acids is 1. The third kappa shape index (κ3) is 3.53. The van der Waals surface area contributed by atoms with Crippen LogP contribution in [0, 0.1) is 0 Å². The summed E-state index contributed by atoms with van der Waals surface area (Å²) in [6.07, 6.45) is 1.89. The molecule has 2 heterocycles. The van der Waals surface area contributed by atoms with Crippen LogP contribution in [0.4, 0.5) is 0 Å².